The van der Waals surface area contributed by atoms with Gasteiger partial charge in [0, 0.05) is 0 Å². The Morgan fingerprint density at radius 3 is 1.48 bits per heavy atom. The summed E-state index contributed by atoms with van der Waals surface area (Å²) in [5.74, 6) is 0.851. The first-order valence-electron chi connectivity index (χ1n) is 9.58. The third kappa shape index (κ3) is 11.3. The molecule has 0 spiro atoms. The van der Waals surface area contributed by atoms with E-state index < -0.39 is 7.82 Å². The molecule has 0 amide bonds. The molecule has 0 saturated carbocycles. The minimum absolute atomic E-state index is 0.342. The van der Waals surface area contributed by atoms with Crippen LogP contribution in [0.25, 0.3) is 0 Å². The summed E-state index contributed by atoms with van der Waals surface area (Å²) in [6.45, 7) is 11.7. The fourth-order valence-corrected chi connectivity index (χ4v) is 3.79. The summed E-state index contributed by atoms with van der Waals surface area (Å²) in [5.41, 5.74) is 0. The Kier molecular flexibility index (Phi) is 14.5. The van der Waals surface area contributed by atoms with Gasteiger partial charge in [-0.15, -0.1) is 0 Å². The van der Waals surface area contributed by atoms with Crippen LogP contribution in [0.15, 0.2) is 0 Å². The van der Waals surface area contributed by atoms with Crippen LogP contribution in [0.1, 0.15) is 86.0 Å². The topological polar surface area (TPSA) is 44.8 Å². The van der Waals surface area contributed by atoms with Gasteiger partial charge in [-0.05, 0) is 31.6 Å². The van der Waals surface area contributed by atoms with Gasteiger partial charge in [0.1, 0.15) is 0 Å². The predicted octanol–water partition coefficient (Wildman–Crippen LogP) is 6.60. The molecule has 2 unspecified atom stereocenters. The van der Waals surface area contributed by atoms with E-state index >= 15 is 0 Å². The molecule has 0 aromatic rings. The molecule has 0 aliphatic carbocycles. The molecule has 0 aliphatic rings. The van der Waals surface area contributed by atoms with Crippen LogP contribution in [0.2, 0.25) is 0 Å². The van der Waals surface area contributed by atoms with E-state index in [-0.39, 0.29) is 0 Å². The first-order valence-corrected chi connectivity index (χ1v) is 11.0. The molecule has 0 rings (SSSR count). The second-order valence-corrected chi connectivity index (χ2v) is 7.96. The lowest BCUT2D eigenvalue weighted by Gasteiger charge is -2.23. The zero-order valence-corrected chi connectivity index (χ0v) is 16.9. The normalized spacial score (nSPS) is 16.9. The van der Waals surface area contributed by atoms with Gasteiger partial charge in [-0.1, -0.05) is 66.2 Å². The van der Waals surface area contributed by atoms with Crippen LogP contribution in [0.3, 0.4) is 0 Å². The lowest BCUT2D eigenvalue weighted by molar-refractivity contribution is 0.0872. The Bertz CT molecular complexity index is 285. The van der Waals surface area contributed by atoms with Crippen molar-refractivity contribution < 1.29 is 18.1 Å². The molecular formula is C18H39O4P. The Morgan fingerprint density at radius 2 is 1.17 bits per heavy atom. The Hall–Kier alpha value is 0.110. The van der Waals surface area contributed by atoms with Crippen LogP contribution in [-0.2, 0) is 18.1 Å². The Labute approximate surface area is 144 Å². The molecule has 0 fully saturated rings. The highest BCUT2D eigenvalue weighted by Crippen LogP contribution is 2.50. The van der Waals surface area contributed by atoms with Crippen LogP contribution in [0.5, 0.6) is 0 Å². The van der Waals surface area contributed by atoms with Crippen molar-refractivity contribution in [2.24, 2.45) is 11.8 Å². The lowest BCUT2D eigenvalue weighted by atomic mass is 10.0. The van der Waals surface area contributed by atoms with Crippen molar-refractivity contribution in [1.29, 1.82) is 0 Å². The molecule has 0 N–H and O–H groups in total. The monoisotopic (exact) mass is 350 g/mol. The second kappa shape index (κ2) is 14.5. The van der Waals surface area contributed by atoms with E-state index in [0.717, 1.165) is 25.7 Å². The van der Waals surface area contributed by atoms with E-state index in [1.54, 1.807) is 0 Å². The highest BCUT2D eigenvalue weighted by molar-refractivity contribution is 7.48. The highest BCUT2D eigenvalue weighted by Gasteiger charge is 2.28. The first kappa shape index (κ1) is 23.1. The maximum Gasteiger partial charge on any atom is 0.474 e. The summed E-state index contributed by atoms with van der Waals surface area (Å²) >= 11 is 0. The Morgan fingerprint density at radius 1 is 0.739 bits per heavy atom. The summed E-state index contributed by atoms with van der Waals surface area (Å²) in [4.78, 5) is 0. The molecule has 0 heterocycles. The zero-order valence-electron chi connectivity index (χ0n) is 16.0. The van der Waals surface area contributed by atoms with Crippen LogP contribution < -0.4 is 0 Å². The number of phosphoric acid groups is 1. The maximum absolute atomic E-state index is 12.7. The van der Waals surface area contributed by atoms with E-state index in [2.05, 4.69) is 27.7 Å². The molecule has 23 heavy (non-hydrogen) atoms. The summed E-state index contributed by atoms with van der Waals surface area (Å²) < 4.78 is 29.3. The molecule has 0 aliphatic heterocycles. The predicted molar refractivity (Wildman–Crippen MR) is 97.7 cm³/mol. The van der Waals surface area contributed by atoms with Gasteiger partial charge < -0.3 is 0 Å². The van der Waals surface area contributed by atoms with Crippen molar-refractivity contribution in [1.82, 2.24) is 0 Å². The molecule has 0 aromatic carbocycles. The molecule has 140 valence electrons. The molecule has 5 heteroatoms. The smallest absolute Gasteiger partial charge is 0.287 e. The van der Waals surface area contributed by atoms with Crippen molar-refractivity contribution >= 4 is 7.82 Å². The molecular weight excluding hydrogens is 311 g/mol. The average molecular weight is 350 g/mol. The van der Waals surface area contributed by atoms with Gasteiger partial charge in [0.2, 0.25) is 0 Å². The number of rotatable bonds is 16. The van der Waals surface area contributed by atoms with Crippen molar-refractivity contribution in [3.05, 3.63) is 0 Å². The third-order valence-corrected chi connectivity index (χ3v) is 5.82. The standard InChI is InChI=1S/C18H39O4P/c1-6-11-13-17(8-3)15-21-23(19,20-10-5)22-16-18(9-4)14-12-7-2/h17-18H,6-16H2,1-5H3. The second-order valence-electron chi connectivity index (χ2n) is 6.29. The SMILES string of the molecule is CCCCC(CC)COP(=O)(OCC)OCC(CC)CCCC. The van der Waals surface area contributed by atoms with Crippen LogP contribution in [0.4, 0.5) is 0 Å². The van der Waals surface area contributed by atoms with Gasteiger partial charge in [0.15, 0.2) is 0 Å². The fourth-order valence-electron chi connectivity index (χ4n) is 2.46. The van der Waals surface area contributed by atoms with E-state index in [1.165, 1.54) is 25.7 Å². The summed E-state index contributed by atoms with van der Waals surface area (Å²) in [6, 6.07) is 0. The molecule has 2 atom stereocenters. The van der Waals surface area contributed by atoms with Crippen LogP contribution >= 0.6 is 7.82 Å². The minimum atomic E-state index is -3.42. The van der Waals surface area contributed by atoms with Crippen LogP contribution in [0, 0.1) is 11.8 Å². The van der Waals surface area contributed by atoms with Crippen molar-refractivity contribution in [3.8, 4) is 0 Å². The number of unbranched alkanes of at least 4 members (excludes halogenated alkanes) is 2. The quantitative estimate of drug-likeness (QED) is 0.294. The molecule has 4 nitrogen and oxygen atoms in total. The number of hydrogen-bond acceptors (Lipinski definition) is 4. The van der Waals surface area contributed by atoms with Crippen molar-refractivity contribution in [2.45, 2.75) is 86.0 Å². The van der Waals surface area contributed by atoms with Crippen molar-refractivity contribution in [2.75, 3.05) is 19.8 Å². The van der Waals surface area contributed by atoms with E-state index in [1.807, 2.05) is 6.92 Å². The van der Waals surface area contributed by atoms with Crippen LogP contribution in [-0.4, -0.2) is 19.8 Å². The van der Waals surface area contributed by atoms with Gasteiger partial charge in [-0.3, -0.25) is 13.6 Å². The fraction of sp³-hybridized carbons (Fsp3) is 1.00. The highest BCUT2D eigenvalue weighted by atomic mass is 31.2. The largest absolute Gasteiger partial charge is 0.474 e. The average Bonchev–Trinajstić information content (AvgIpc) is 2.55. The first-order chi connectivity index (χ1) is 11.0. The molecule has 0 radical (unpaired) electrons. The number of hydrogen-bond donors (Lipinski definition) is 0. The van der Waals surface area contributed by atoms with E-state index in [0.29, 0.717) is 31.7 Å². The lowest BCUT2D eigenvalue weighted by Crippen LogP contribution is -2.13. The third-order valence-electron chi connectivity index (χ3n) is 4.31. The Balaban J connectivity index is 4.44. The number of phosphoric ester groups is 1. The van der Waals surface area contributed by atoms with Crippen molar-refractivity contribution in [3.63, 3.8) is 0 Å². The van der Waals surface area contributed by atoms with Gasteiger partial charge in [0.05, 0.1) is 19.8 Å². The summed E-state index contributed by atoms with van der Waals surface area (Å²) in [5, 5.41) is 0. The van der Waals surface area contributed by atoms with Gasteiger partial charge >= 0.3 is 7.82 Å². The maximum atomic E-state index is 12.7. The van der Waals surface area contributed by atoms with Gasteiger partial charge in [-0.2, -0.15) is 0 Å². The van der Waals surface area contributed by atoms with Gasteiger partial charge in [0.25, 0.3) is 0 Å². The minimum Gasteiger partial charge on any atom is -0.287 e. The van der Waals surface area contributed by atoms with Gasteiger partial charge in [-0.25, -0.2) is 4.57 Å². The van der Waals surface area contributed by atoms with E-state index in [4.69, 9.17) is 13.6 Å². The summed E-state index contributed by atoms with van der Waals surface area (Å²) in [7, 11) is -3.42. The summed E-state index contributed by atoms with van der Waals surface area (Å²) in [6.07, 6.45) is 8.96. The molecule has 0 saturated heterocycles. The zero-order chi connectivity index (χ0) is 17.6. The molecule has 0 bridgehead atoms. The van der Waals surface area contributed by atoms with E-state index in [9.17, 15) is 4.57 Å². The molecule has 0 aromatic heterocycles.